The van der Waals surface area contributed by atoms with Gasteiger partial charge >= 0.3 is 0 Å². The van der Waals surface area contributed by atoms with Crippen LogP contribution >= 0.6 is 15.9 Å². The molecule has 0 aliphatic carbocycles. The smallest absolute Gasteiger partial charge is 0.291 e. The molecule has 0 bridgehead atoms. The predicted molar refractivity (Wildman–Crippen MR) is 95.7 cm³/mol. The Morgan fingerprint density at radius 1 is 1.16 bits per heavy atom. The number of ether oxygens (including phenoxy) is 1. The second-order valence-corrected chi connectivity index (χ2v) is 6.36. The van der Waals surface area contributed by atoms with Crippen molar-refractivity contribution in [3.63, 3.8) is 0 Å². The predicted octanol–water partition coefficient (Wildman–Crippen LogP) is 2.67. The zero-order valence-corrected chi connectivity index (χ0v) is 15.0. The van der Waals surface area contributed by atoms with E-state index in [4.69, 9.17) is 9.15 Å². The lowest BCUT2D eigenvalue weighted by molar-refractivity contribution is -0.131. The first kappa shape index (κ1) is 17.4. The molecular formula is C18H17BrN2O4. The van der Waals surface area contributed by atoms with Crippen molar-refractivity contribution >= 4 is 33.8 Å². The van der Waals surface area contributed by atoms with Gasteiger partial charge in [-0.05, 0) is 35.9 Å². The van der Waals surface area contributed by atoms with E-state index < -0.39 is 5.91 Å². The summed E-state index contributed by atoms with van der Waals surface area (Å²) >= 11 is 3.40. The summed E-state index contributed by atoms with van der Waals surface area (Å²) in [5.74, 6) is -0.564. The van der Waals surface area contributed by atoms with Gasteiger partial charge in [-0.25, -0.2) is 0 Å². The fourth-order valence-corrected chi connectivity index (χ4v) is 2.86. The fraction of sp³-hybridized carbons (Fsp3) is 0.222. The van der Waals surface area contributed by atoms with Crippen molar-refractivity contribution in [1.82, 2.24) is 10.2 Å². The largest absolute Gasteiger partial charge is 0.459 e. The molecule has 25 heavy (non-hydrogen) atoms. The van der Waals surface area contributed by atoms with E-state index >= 15 is 0 Å². The highest BCUT2D eigenvalue weighted by Gasteiger charge is 2.23. The second kappa shape index (κ2) is 8.13. The molecule has 0 spiro atoms. The Morgan fingerprint density at radius 3 is 2.64 bits per heavy atom. The average molecular weight is 405 g/mol. The maximum absolute atomic E-state index is 12.8. The van der Waals surface area contributed by atoms with Crippen LogP contribution in [-0.2, 0) is 9.53 Å². The lowest BCUT2D eigenvalue weighted by Gasteiger charge is -2.27. The lowest BCUT2D eigenvalue weighted by atomic mass is 10.1. The Kier molecular flexibility index (Phi) is 5.67. The quantitative estimate of drug-likeness (QED) is 0.795. The van der Waals surface area contributed by atoms with E-state index in [0.717, 1.165) is 10.0 Å². The van der Waals surface area contributed by atoms with Crippen LogP contribution in [0.15, 0.2) is 57.2 Å². The molecule has 7 heteroatoms. The standard InChI is InChI=1S/C18H17BrN2O4/c19-14-4-1-3-13(11-14)12-15(18(23)21-6-9-24-10-7-21)20-17(22)16-5-2-8-25-16/h1-5,8,11-12H,6-7,9-10H2,(H,20,22)/b15-12-. The molecule has 0 unspecified atom stereocenters. The van der Waals surface area contributed by atoms with E-state index in [2.05, 4.69) is 21.2 Å². The summed E-state index contributed by atoms with van der Waals surface area (Å²) in [7, 11) is 0. The minimum atomic E-state index is -0.465. The third-order valence-electron chi connectivity index (χ3n) is 3.68. The maximum atomic E-state index is 12.8. The number of carbonyl (C=O) groups is 2. The summed E-state index contributed by atoms with van der Waals surface area (Å²) in [6.45, 7) is 1.96. The molecule has 0 atom stereocenters. The van der Waals surface area contributed by atoms with Crippen molar-refractivity contribution in [2.24, 2.45) is 0 Å². The molecule has 1 N–H and O–H groups in total. The molecule has 130 valence electrons. The van der Waals surface area contributed by atoms with E-state index in [1.807, 2.05) is 24.3 Å². The molecule has 3 rings (SSSR count). The van der Waals surface area contributed by atoms with Crippen molar-refractivity contribution in [3.05, 3.63) is 64.2 Å². The Labute approximate surface area is 153 Å². The first-order valence-corrected chi connectivity index (χ1v) is 8.62. The van der Waals surface area contributed by atoms with Gasteiger partial charge in [-0.1, -0.05) is 28.1 Å². The minimum absolute atomic E-state index is 0.148. The van der Waals surface area contributed by atoms with Crippen molar-refractivity contribution in [2.45, 2.75) is 0 Å². The van der Waals surface area contributed by atoms with Gasteiger partial charge in [0.1, 0.15) is 5.70 Å². The zero-order valence-electron chi connectivity index (χ0n) is 13.4. The van der Waals surface area contributed by atoms with Crippen LogP contribution in [0.2, 0.25) is 0 Å². The number of furan rings is 1. The third kappa shape index (κ3) is 4.58. The van der Waals surface area contributed by atoms with Gasteiger partial charge in [0.15, 0.2) is 5.76 Å². The van der Waals surface area contributed by atoms with Crippen molar-refractivity contribution in [1.29, 1.82) is 0 Å². The van der Waals surface area contributed by atoms with E-state index in [1.54, 1.807) is 23.1 Å². The number of rotatable bonds is 4. The van der Waals surface area contributed by atoms with Gasteiger partial charge in [0.25, 0.3) is 11.8 Å². The van der Waals surface area contributed by atoms with Crippen LogP contribution < -0.4 is 5.32 Å². The number of nitrogens with zero attached hydrogens (tertiary/aromatic N) is 1. The Bertz CT molecular complexity index is 780. The van der Waals surface area contributed by atoms with Gasteiger partial charge < -0.3 is 19.4 Å². The van der Waals surface area contributed by atoms with Crippen LogP contribution in [0.25, 0.3) is 6.08 Å². The molecule has 1 saturated heterocycles. The van der Waals surface area contributed by atoms with Crippen LogP contribution in [0.3, 0.4) is 0 Å². The highest BCUT2D eigenvalue weighted by atomic mass is 79.9. The summed E-state index contributed by atoms with van der Waals surface area (Å²) in [4.78, 5) is 26.8. The van der Waals surface area contributed by atoms with E-state index in [1.165, 1.54) is 6.26 Å². The summed E-state index contributed by atoms with van der Waals surface area (Å²) in [5, 5.41) is 2.67. The third-order valence-corrected chi connectivity index (χ3v) is 4.17. The number of amides is 2. The normalized spacial score (nSPS) is 15.1. The molecule has 0 saturated carbocycles. The monoisotopic (exact) mass is 404 g/mol. The molecule has 1 fully saturated rings. The highest BCUT2D eigenvalue weighted by molar-refractivity contribution is 9.10. The summed E-state index contributed by atoms with van der Waals surface area (Å²) in [6.07, 6.45) is 3.07. The van der Waals surface area contributed by atoms with E-state index in [0.29, 0.717) is 26.3 Å². The molecule has 1 aromatic carbocycles. The summed E-state index contributed by atoms with van der Waals surface area (Å²) in [6, 6.07) is 10.6. The number of morpholine rings is 1. The lowest BCUT2D eigenvalue weighted by Crippen LogP contribution is -2.44. The molecule has 1 aliphatic heterocycles. The highest BCUT2D eigenvalue weighted by Crippen LogP contribution is 2.15. The summed E-state index contributed by atoms with van der Waals surface area (Å²) < 4.78 is 11.3. The van der Waals surface area contributed by atoms with Crippen LogP contribution in [0.4, 0.5) is 0 Å². The van der Waals surface area contributed by atoms with Crippen molar-refractivity contribution < 1.29 is 18.7 Å². The number of halogens is 1. The molecule has 2 heterocycles. The Balaban J connectivity index is 1.87. The van der Waals surface area contributed by atoms with Gasteiger partial charge in [-0.15, -0.1) is 0 Å². The molecule has 1 aliphatic rings. The van der Waals surface area contributed by atoms with Gasteiger partial charge in [-0.2, -0.15) is 0 Å². The first-order valence-electron chi connectivity index (χ1n) is 7.82. The number of hydrogen-bond donors (Lipinski definition) is 1. The zero-order chi connectivity index (χ0) is 17.6. The van der Waals surface area contributed by atoms with Gasteiger partial charge in [0.05, 0.1) is 19.5 Å². The van der Waals surface area contributed by atoms with Crippen molar-refractivity contribution in [2.75, 3.05) is 26.3 Å². The minimum Gasteiger partial charge on any atom is -0.459 e. The fourth-order valence-electron chi connectivity index (χ4n) is 2.44. The van der Waals surface area contributed by atoms with Gasteiger partial charge in [-0.3, -0.25) is 9.59 Å². The van der Waals surface area contributed by atoms with Gasteiger partial charge in [0.2, 0.25) is 0 Å². The van der Waals surface area contributed by atoms with E-state index in [9.17, 15) is 9.59 Å². The molecular weight excluding hydrogens is 388 g/mol. The molecule has 0 radical (unpaired) electrons. The number of hydrogen-bond acceptors (Lipinski definition) is 4. The average Bonchev–Trinajstić information content (AvgIpc) is 3.16. The molecule has 2 amide bonds. The maximum Gasteiger partial charge on any atom is 0.291 e. The van der Waals surface area contributed by atoms with E-state index in [-0.39, 0.29) is 17.4 Å². The molecule has 1 aromatic heterocycles. The van der Waals surface area contributed by atoms with Crippen molar-refractivity contribution in [3.8, 4) is 0 Å². The number of benzene rings is 1. The van der Waals surface area contributed by atoms with Gasteiger partial charge in [0, 0.05) is 17.6 Å². The molecule has 6 nitrogen and oxygen atoms in total. The van der Waals surface area contributed by atoms with Crippen LogP contribution in [0.5, 0.6) is 0 Å². The second-order valence-electron chi connectivity index (χ2n) is 5.45. The van der Waals surface area contributed by atoms with Crippen LogP contribution in [0.1, 0.15) is 16.1 Å². The molecule has 2 aromatic rings. The number of nitrogens with one attached hydrogen (secondary N) is 1. The van der Waals surface area contributed by atoms with Crippen LogP contribution in [0, 0.1) is 0 Å². The first-order chi connectivity index (χ1) is 12.1. The Morgan fingerprint density at radius 2 is 1.96 bits per heavy atom. The number of carbonyl (C=O) groups excluding carboxylic acids is 2. The summed E-state index contributed by atoms with van der Waals surface area (Å²) in [5.41, 5.74) is 0.993. The SMILES string of the molecule is O=C(N/C(=C\c1cccc(Br)c1)C(=O)N1CCOCC1)c1ccco1. The topological polar surface area (TPSA) is 71.8 Å². The Hall–Kier alpha value is -2.38. The van der Waals surface area contributed by atoms with Crippen LogP contribution in [-0.4, -0.2) is 43.0 Å².